The molecule has 1 heterocycles. The Morgan fingerprint density at radius 2 is 2.00 bits per heavy atom. The normalized spacial score (nSPS) is 11.1. The molecule has 19 heavy (non-hydrogen) atoms. The molecular weight excluding hydrogens is 242 g/mol. The SMILES string of the molecule is Cc1nc(N(C)C)ccc1CNC(=O)OC(C)(C)C. The number of carbonyl (C=O) groups excluding carboxylic acids is 1. The van der Waals surface area contributed by atoms with Gasteiger partial charge >= 0.3 is 6.09 Å². The summed E-state index contributed by atoms with van der Waals surface area (Å²) >= 11 is 0. The van der Waals surface area contributed by atoms with Crippen LogP contribution in [0, 0.1) is 6.92 Å². The van der Waals surface area contributed by atoms with E-state index in [1.807, 2.05) is 58.8 Å². The third kappa shape index (κ3) is 5.16. The molecule has 1 amide bonds. The molecule has 0 fully saturated rings. The van der Waals surface area contributed by atoms with Crippen LogP contribution in [0.2, 0.25) is 0 Å². The van der Waals surface area contributed by atoms with Crippen molar-refractivity contribution >= 4 is 11.9 Å². The molecule has 1 N–H and O–H groups in total. The third-order valence-electron chi connectivity index (χ3n) is 2.46. The highest BCUT2D eigenvalue weighted by molar-refractivity contribution is 5.67. The molecule has 5 heteroatoms. The second-order valence-corrected chi connectivity index (χ2v) is 5.66. The molecule has 0 saturated carbocycles. The lowest BCUT2D eigenvalue weighted by Crippen LogP contribution is -2.32. The summed E-state index contributed by atoms with van der Waals surface area (Å²) in [7, 11) is 3.89. The summed E-state index contributed by atoms with van der Waals surface area (Å²) in [5, 5.41) is 2.73. The van der Waals surface area contributed by atoms with Gasteiger partial charge in [-0.05, 0) is 39.3 Å². The zero-order chi connectivity index (χ0) is 14.6. The summed E-state index contributed by atoms with van der Waals surface area (Å²) in [4.78, 5) is 18.0. The molecule has 0 atom stereocenters. The lowest BCUT2D eigenvalue weighted by atomic mass is 10.2. The molecule has 106 valence electrons. The van der Waals surface area contributed by atoms with Gasteiger partial charge in [-0.15, -0.1) is 0 Å². The Hall–Kier alpha value is -1.78. The number of rotatable bonds is 3. The van der Waals surface area contributed by atoms with Crippen molar-refractivity contribution in [1.29, 1.82) is 0 Å². The van der Waals surface area contributed by atoms with Gasteiger partial charge < -0.3 is 15.0 Å². The lowest BCUT2D eigenvalue weighted by molar-refractivity contribution is 0.0523. The minimum Gasteiger partial charge on any atom is -0.444 e. The Bertz CT molecular complexity index is 450. The van der Waals surface area contributed by atoms with Crippen molar-refractivity contribution in [3.05, 3.63) is 23.4 Å². The summed E-state index contributed by atoms with van der Waals surface area (Å²) in [6.07, 6.45) is -0.413. The van der Waals surface area contributed by atoms with Crippen molar-refractivity contribution < 1.29 is 9.53 Å². The number of nitrogens with one attached hydrogen (secondary N) is 1. The number of amides is 1. The number of carbonyl (C=O) groups is 1. The second kappa shape index (κ2) is 5.91. The van der Waals surface area contributed by atoms with Crippen molar-refractivity contribution in [1.82, 2.24) is 10.3 Å². The van der Waals surface area contributed by atoms with Crippen LogP contribution < -0.4 is 10.2 Å². The Morgan fingerprint density at radius 1 is 1.37 bits per heavy atom. The molecule has 5 nitrogen and oxygen atoms in total. The van der Waals surface area contributed by atoms with Crippen LogP contribution in [-0.2, 0) is 11.3 Å². The minimum absolute atomic E-state index is 0.413. The van der Waals surface area contributed by atoms with Gasteiger partial charge in [-0.2, -0.15) is 0 Å². The predicted octanol–water partition coefficient (Wildman–Crippen LogP) is 2.48. The van der Waals surface area contributed by atoms with E-state index in [2.05, 4.69) is 10.3 Å². The number of aryl methyl sites for hydroxylation is 1. The maximum atomic E-state index is 11.6. The zero-order valence-corrected chi connectivity index (χ0v) is 12.6. The molecule has 0 radical (unpaired) electrons. The second-order valence-electron chi connectivity index (χ2n) is 5.66. The van der Waals surface area contributed by atoms with Gasteiger partial charge in [0.05, 0.1) is 0 Å². The van der Waals surface area contributed by atoms with Crippen molar-refractivity contribution in [2.75, 3.05) is 19.0 Å². The Balaban J connectivity index is 2.61. The van der Waals surface area contributed by atoms with E-state index in [1.165, 1.54) is 0 Å². The smallest absolute Gasteiger partial charge is 0.407 e. The van der Waals surface area contributed by atoms with Crippen LogP contribution in [-0.4, -0.2) is 30.8 Å². The molecule has 0 aromatic carbocycles. The minimum atomic E-state index is -0.480. The van der Waals surface area contributed by atoms with E-state index >= 15 is 0 Å². The first-order valence-electron chi connectivity index (χ1n) is 6.30. The maximum Gasteiger partial charge on any atom is 0.407 e. The first-order valence-corrected chi connectivity index (χ1v) is 6.30. The molecule has 0 saturated heterocycles. The van der Waals surface area contributed by atoms with Crippen LogP contribution in [0.1, 0.15) is 32.0 Å². The van der Waals surface area contributed by atoms with Crippen LogP contribution in [0.5, 0.6) is 0 Å². The molecule has 1 aromatic rings. The summed E-state index contributed by atoms with van der Waals surface area (Å²) in [5.74, 6) is 0.901. The van der Waals surface area contributed by atoms with Gasteiger partial charge in [-0.25, -0.2) is 9.78 Å². The van der Waals surface area contributed by atoms with E-state index in [0.717, 1.165) is 17.1 Å². The highest BCUT2D eigenvalue weighted by Gasteiger charge is 2.16. The molecule has 0 aliphatic carbocycles. The quantitative estimate of drug-likeness (QED) is 0.912. The van der Waals surface area contributed by atoms with Crippen molar-refractivity contribution in [3.8, 4) is 0 Å². The fourth-order valence-corrected chi connectivity index (χ4v) is 1.49. The molecule has 0 aliphatic heterocycles. The topological polar surface area (TPSA) is 54.5 Å². The van der Waals surface area contributed by atoms with Gasteiger partial charge in [0, 0.05) is 26.3 Å². The number of ether oxygens (including phenoxy) is 1. The highest BCUT2D eigenvalue weighted by Crippen LogP contribution is 2.13. The number of pyridine rings is 1. The van der Waals surface area contributed by atoms with Crippen LogP contribution in [0.4, 0.5) is 10.6 Å². The van der Waals surface area contributed by atoms with Crippen LogP contribution >= 0.6 is 0 Å². The summed E-state index contributed by atoms with van der Waals surface area (Å²) in [5.41, 5.74) is 1.41. The predicted molar refractivity (Wildman–Crippen MR) is 76.4 cm³/mol. The number of alkyl carbamates (subject to hydrolysis) is 1. The molecular formula is C14H23N3O2. The summed E-state index contributed by atoms with van der Waals surface area (Å²) in [6, 6.07) is 3.90. The van der Waals surface area contributed by atoms with Gasteiger partial charge in [-0.3, -0.25) is 0 Å². The molecule has 0 unspecified atom stereocenters. The third-order valence-corrected chi connectivity index (χ3v) is 2.46. The van der Waals surface area contributed by atoms with Crippen LogP contribution in [0.25, 0.3) is 0 Å². The number of hydrogen-bond donors (Lipinski definition) is 1. The Kier molecular flexibility index (Phi) is 4.75. The van der Waals surface area contributed by atoms with Gasteiger partial charge in [-0.1, -0.05) is 6.07 Å². The summed E-state index contributed by atoms with van der Waals surface area (Å²) < 4.78 is 5.18. The van der Waals surface area contributed by atoms with Gasteiger partial charge in [0.25, 0.3) is 0 Å². The monoisotopic (exact) mass is 265 g/mol. The molecule has 1 aromatic heterocycles. The molecule has 0 spiro atoms. The van der Waals surface area contributed by atoms with Gasteiger partial charge in [0.15, 0.2) is 0 Å². The molecule has 0 aliphatic rings. The van der Waals surface area contributed by atoms with E-state index in [-0.39, 0.29) is 0 Å². The Morgan fingerprint density at radius 3 is 2.47 bits per heavy atom. The van der Waals surface area contributed by atoms with E-state index in [9.17, 15) is 4.79 Å². The van der Waals surface area contributed by atoms with Gasteiger partial charge in [0.2, 0.25) is 0 Å². The number of nitrogens with zero attached hydrogens (tertiary/aromatic N) is 2. The number of aromatic nitrogens is 1. The molecule has 1 rings (SSSR count). The van der Waals surface area contributed by atoms with E-state index in [1.54, 1.807) is 0 Å². The summed E-state index contributed by atoms with van der Waals surface area (Å²) in [6.45, 7) is 7.86. The zero-order valence-electron chi connectivity index (χ0n) is 12.6. The van der Waals surface area contributed by atoms with Crippen LogP contribution in [0.15, 0.2) is 12.1 Å². The van der Waals surface area contributed by atoms with E-state index < -0.39 is 11.7 Å². The standard InChI is InChI=1S/C14H23N3O2/c1-10-11(7-8-12(16-10)17(5)6)9-15-13(18)19-14(2,3)4/h7-8H,9H2,1-6H3,(H,15,18). The van der Waals surface area contributed by atoms with Crippen LogP contribution in [0.3, 0.4) is 0 Å². The number of anilines is 1. The first-order chi connectivity index (χ1) is 8.69. The maximum absolute atomic E-state index is 11.6. The molecule has 0 bridgehead atoms. The van der Waals surface area contributed by atoms with Crippen molar-refractivity contribution in [2.45, 2.75) is 39.8 Å². The average molecular weight is 265 g/mol. The first kappa shape index (κ1) is 15.3. The van der Waals surface area contributed by atoms with E-state index in [0.29, 0.717) is 6.54 Å². The lowest BCUT2D eigenvalue weighted by Gasteiger charge is -2.20. The highest BCUT2D eigenvalue weighted by atomic mass is 16.6. The fourth-order valence-electron chi connectivity index (χ4n) is 1.49. The van der Waals surface area contributed by atoms with E-state index in [4.69, 9.17) is 4.74 Å². The number of hydrogen-bond acceptors (Lipinski definition) is 4. The van der Waals surface area contributed by atoms with Crippen molar-refractivity contribution in [2.24, 2.45) is 0 Å². The average Bonchev–Trinajstić information content (AvgIpc) is 2.24. The Labute approximate surface area is 115 Å². The van der Waals surface area contributed by atoms with Crippen molar-refractivity contribution in [3.63, 3.8) is 0 Å². The van der Waals surface area contributed by atoms with Gasteiger partial charge in [0.1, 0.15) is 11.4 Å². The fraction of sp³-hybridized carbons (Fsp3) is 0.571. The largest absolute Gasteiger partial charge is 0.444 e.